The van der Waals surface area contributed by atoms with Crippen molar-refractivity contribution in [3.63, 3.8) is 0 Å². The normalized spacial score (nSPS) is 18.1. The van der Waals surface area contributed by atoms with E-state index in [1.54, 1.807) is 6.20 Å². The van der Waals surface area contributed by atoms with E-state index in [-0.39, 0.29) is 12.4 Å². The number of aryl methyl sites for hydroxylation is 1. The minimum Gasteiger partial charge on any atom is -0.471 e. The first-order chi connectivity index (χ1) is 15.6. The van der Waals surface area contributed by atoms with Crippen LogP contribution < -0.4 is 9.64 Å². The minimum absolute atomic E-state index is 0. The van der Waals surface area contributed by atoms with Gasteiger partial charge in [0.05, 0.1) is 29.1 Å². The van der Waals surface area contributed by atoms with Crippen molar-refractivity contribution < 1.29 is 13.8 Å². The predicted molar refractivity (Wildman–Crippen MR) is 135 cm³/mol. The molecule has 33 heavy (non-hydrogen) atoms. The molecule has 0 radical (unpaired) electrons. The van der Waals surface area contributed by atoms with Gasteiger partial charge in [-0.05, 0) is 55.0 Å². The van der Waals surface area contributed by atoms with Gasteiger partial charge in [-0.3, -0.25) is 19.1 Å². The Bertz CT molecular complexity index is 1090. The quantitative estimate of drug-likeness (QED) is 0.522. The second-order valence-electron chi connectivity index (χ2n) is 8.38. The Morgan fingerprint density at radius 1 is 1.03 bits per heavy atom. The molecule has 0 amide bonds. The van der Waals surface area contributed by atoms with Crippen LogP contribution in [-0.2, 0) is 19.4 Å². The van der Waals surface area contributed by atoms with Crippen LogP contribution in [0.1, 0.15) is 29.8 Å². The second-order valence-corrected chi connectivity index (χ2v) is 10.8. The second kappa shape index (κ2) is 10.3. The van der Waals surface area contributed by atoms with Gasteiger partial charge in [-0.25, -0.2) is 4.98 Å². The van der Waals surface area contributed by atoms with Crippen molar-refractivity contribution in [1.29, 1.82) is 0 Å². The molecule has 0 bridgehead atoms. The lowest BCUT2D eigenvalue weighted by molar-refractivity contribution is 0.288. The predicted octanol–water partition coefficient (Wildman–Crippen LogP) is 4.99. The summed E-state index contributed by atoms with van der Waals surface area (Å²) in [4.78, 5) is 15.8. The van der Waals surface area contributed by atoms with Crippen molar-refractivity contribution in [2.75, 3.05) is 29.5 Å². The standard InChI is InChI=1S/C24H28N4O3S.ClH/c29-32(30)11-9-28(10-12-32)20-13-18(15-25-16-20)22-14-24(27-23-7-2-1-6-21(22)23)31-17-19-5-3-4-8-26-19;/h3-5,8,13-16,29-30H,1-2,6-7,9-12,17H2;1H. The lowest BCUT2D eigenvalue weighted by Crippen LogP contribution is -2.38. The lowest BCUT2D eigenvalue weighted by atomic mass is 9.89. The molecule has 1 fully saturated rings. The van der Waals surface area contributed by atoms with Crippen LogP contribution >= 0.6 is 23.0 Å². The molecule has 0 aromatic carbocycles. The molecule has 1 aliphatic heterocycles. The van der Waals surface area contributed by atoms with Gasteiger partial charge in [-0.15, -0.1) is 12.4 Å². The molecule has 5 rings (SSSR count). The molecule has 9 heteroatoms. The first kappa shape index (κ1) is 23.8. The zero-order valence-electron chi connectivity index (χ0n) is 18.4. The molecule has 0 saturated carbocycles. The van der Waals surface area contributed by atoms with E-state index >= 15 is 0 Å². The van der Waals surface area contributed by atoms with Gasteiger partial charge in [0.1, 0.15) is 6.61 Å². The van der Waals surface area contributed by atoms with E-state index in [1.165, 1.54) is 5.56 Å². The summed E-state index contributed by atoms with van der Waals surface area (Å²) in [6.45, 7) is 1.63. The van der Waals surface area contributed by atoms with Gasteiger partial charge in [0, 0.05) is 42.8 Å². The first-order valence-corrected chi connectivity index (χ1v) is 13.0. The van der Waals surface area contributed by atoms with E-state index < -0.39 is 10.6 Å². The minimum atomic E-state index is -2.42. The van der Waals surface area contributed by atoms with Crippen LogP contribution in [0.3, 0.4) is 0 Å². The van der Waals surface area contributed by atoms with Gasteiger partial charge in [0.2, 0.25) is 5.88 Å². The number of aromatic nitrogens is 3. The first-order valence-electron chi connectivity index (χ1n) is 11.1. The molecule has 3 aromatic rings. The topological polar surface area (TPSA) is 91.6 Å². The lowest BCUT2D eigenvalue weighted by Gasteiger charge is -2.41. The zero-order valence-corrected chi connectivity index (χ0v) is 20.0. The smallest absolute Gasteiger partial charge is 0.214 e. The van der Waals surface area contributed by atoms with Gasteiger partial charge in [-0.2, -0.15) is 10.6 Å². The molecule has 2 N–H and O–H groups in total. The third-order valence-electron chi connectivity index (χ3n) is 6.15. The number of halogens is 1. The van der Waals surface area contributed by atoms with Crippen LogP contribution in [0.2, 0.25) is 0 Å². The molecule has 0 spiro atoms. The van der Waals surface area contributed by atoms with Gasteiger partial charge < -0.3 is 9.64 Å². The number of pyridine rings is 3. The third-order valence-corrected chi connectivity index (χ3v) is 7.82. The van der Waals surface area contributed by atoms with Crippen molar-refractivity contribution >= 4 is 28.7 Å². The summed E-state index contributed by atoms with van der Waals surface area (Å²) in [5.41, 5.74) is 6.45. The molecule has 4 heterocycles. The summed E-state index contributed by atoms with van der Waals surface area (Å²) in [6, 6.07) is 9.97. The Hall–Kier alpha value is -2.39. The monoisotopic (exact) mass is 488 g/mol. The van der Waals surface area contributed by atoms with Gasteiger partial charge in [-0.1, -0.05) is 6.07 Å². The number of fused-ring (bicyclic) bond motifs is 1. The van der Waals surface area contributed by atoms with E-state index in [1.807, 2.05) is 36.7 Å². The Balaban J connectivity index is 0.00000259. The molecular weight excluding hydrogens is 460 g/mol. The average molecular weight is 489 g/mol. The van der Waals surface area contributed by atoms with Gasteiger partial charge in [0.15, 0.2) is 0 Å². The highest BCUT2D eigenvalue weighted by atomic mass is 35.5. The summed E-state index contributed by atoms with van der Waals surface area (Å²) in [6.07, 6.45) is 9.78. The largest absolute Gasteiger partial charge is 0.471 e. The van der Waals surface area contributed by atoms with Crippen LogP contribution in [0, 0.1) is 0 Å². The highest BCUT2D eigenvalue weighted by molar-refractivity contribution is 8.24. The number of ether oxygens (including phenoxy) is 1. The maximum absolute atomic E-state index is 9.94. The Labute approximate surface area is 202 Å². The fourth-order valence-electron chi connectivity index (χ4n) is 4.37. The molecular formula is C24H29ClN4O3S. The van der Waals surface area contributed by atoms with E-state index in [0.29, 0.717) is 37.1 Å². The molecule has 0 atom stereocenters. The summed E-state index contributed by atoms with van der Waals surface area (Å²) in [7, 11) is -2.42. The highest BCUT2D eigenvalue weighted by Gasteiger charge is 2.24. The maximum Gasteiger partial charge on any atom is 0.214 e. The molecule has 1 saturated heterocycles. The van der Waals surface area contributed by atoms with Crippen molar-refractivity contribution in [2.24, 2.45) is 0 Å². The Morgan fingerprint density at radius 3 is 2.64 bits per heavy atom. The van der Waals surface area contributed by atoms with Crippen molar-refractivity contribution in [2.45, 2.75) is 32.3 Å². The third kappa shape index (κ3) is 5.58. The van der Waals surface area contributed by atoms with Crippen molar-refractivity contribution in [1.82, 2.24) is 15.0 Å². The van der Waals surface area contributed by atoms with E-state index in [4.69, 9.17) is 9.72 Å². The zero-order chi connectivity index (χ0) is 22.0. The van der Waals surface area contributed by atoms with Crippen molar-refractivity contribution in [3.8, 4) is 17.0 Å². The molecule has 0 unspecified atom stereocenters. The average Bonchev–Trinajstić information content (AvgIpc) is 2.83. The SMILES string of the molecule is Cl.OS1(O)CCN(c2cncc(-c3cc(OCc4ccccn4)nc4c3CCCC4)c2)CC1. The number of rotatable bonds is 5. The fourth-order valence-corrected chi connectivity index (χ4v) is 5.60. The molecule has 176 valence electrons. The van der Waals surface area contributed by atoms with Crippen LogP contribution in [0.5, 0.6) is 5.88 Å². The number of hydrogen-bond acceptors (Lipinski definition) is 7. The Kier molecular flexibility index (Phi) is 7.38. The summed E-state index contributed by atoms with van der Waals surface area (Å²) >= 11 is 0. The maximum atomic E-state index is 9.94. The van der Waals surface area contributed by atoms with E-state index in [0.717, 1.165) is 53.9 Å². The highest BCUT2D eigenvalue weighted by Crippen LogP contribution is 2.41. The van der Waals surface area contributed by atoms with E-state index in [2.05, 4.69) is 20.9 Å². The number of hydrogen-bond donors (Lipinski definition) is 2. The van der Waals surface area contributed by atoms with Crippen LogP contribution in [0.25, 0.3) is 11.1 Å². The van der Waals surface area contributed by atoms with Gasteiger partial charge >= 0.3 is 0 Å². The van der Waals surface area contributed by atoms with E-state index in [9.17, 15) is 9.11 Å². The molecule has 1 aliphatic carbocycles. The van der Waals surface area contributed by atoms with Crippen LogP contribution in [0.4, 0.5) is 5.69 Å². The fraction of sp³-hybridized carbons (Fsp3) is 0.375. The number of nitrogens with zero attached hydrogens (tertiary/aromatic N) is 4. The van der Waals surface area contributed by atoms with Crippen LogP contribution in [-0.4, -0.2) is 48.7 Å². The number of anilines is 1. The summed E-state index contributed by atoms with van der Waals surface area (Å²) in [5, 5.41) is 0. The summed E-state index contributed by atoms with van der Waals surface area (Å²) in [5.74, 6) is 1.43. The van der Waals surface area contributed by atoms with Crippen molar-refractivity contribution in [3.05, 3.63) is 65.9 Å². The molecule has 3 aromatic heterocycles. The van der Waals surface area contributed by atoms with Crippen LogP contribution in [0.15, 0.2) is 48.9 Å². The van der Waals surface area contributed by atoms with Gasteiger partial charge in [0.25, 0.3) is 0 Å². The Morgan fingerprint density at radius 2 is 1.85 bits per heavy atom. The molecule has 7 nitrogen and oxygen atoms in total. The summed E-state index contributed by atoms with van der Waals surface area (Å²) < 4.78 is 25.9. The molecule has 2 aliphatic rings.